The predicted octanol–water partition coefficient (Wildman–Crippen LogP) is 2.04. The van der Waals surface area contributed by atoms with Gasteiger partial charge in [0.1, 0.15) is 5.54 Å². The Balaban J connectivity index is 1.28. The fourth-order valence-corrected chi connectivity index (χ4v) is 4.01. The maximum absolute atomic E-state index is 12.8. The summed E-state index contributed by atoms with van der Waals surface area (Å²) in [6, 6.07) is 15.5. The van der Waals surface area contributed by atoms with Crippen molar-refractivity contribution in [3.8, 4) is 0 Å². The van der Waals surface area contributed by atoms with E-state index in [9.17, 15) is 24.0 Å². The summed E-state index contributed by atoms with van der Waals surface area (Å²) in [5, 5.41) is 3.36. The maximum atomic E-state index is 12.8. The number of imide groups is 2. The fraction of sp³-hybridized carbons (Fsp3) is 0.292. The molecule has 0 aliphatic carbocycles. The highest BCUT2D eigenvalue weighted by Gasteiger charge is 2.48. The van der Waals surface area contributed by atoms with Crippen LogP contribution < -0.4 is 10.7 Å². The van der Waals surface area contributed by atoms with Crippen molar-refractivity contribution in [3.63, 3.8) is 0 Å². The zero-order valence-corrected chi connectivity index (χ0v) is 18.2. The van der Waals surface area contributed by atoms with Crippen LogP contribution in [0.2, 0.25) is 0 Å². The summed E-state index contributed by atoms with van der Waals surface area (Å²) in [4.78, 5) is 63.4. The number of rotatable bonds is 8. The predicted molar refractivity (Wildman–Crippen MR) is 118 cm³/mol. The van der Waals surface area contributed by atoms with E-state index in [1.54, 1.807) is 31.2 Å². The third kappa shape index (κ3) is 4.34. The zero-order chi connectivity index (χ0) is 23.6. The van der Waals surface area contributed by atoms with Crippen molar-refractivity contribution in [1.29, 1.82) is 0 Å². The summed E-state index contributed by atoms with van der Waals surface area (Å²) < 4.78 is 0. The Labute approximate surface area is 190 Å². The number of aryl methyl sites for hydroxylation is 1. The molecule has 4 rings (SSSR count). The number of urea groups is 1. The molecule has 1 fully saturated rings. The molecule has 0 spiro atoms. The molecule has 2 aliphatic rings. The van der Waals surface area contributed by atoms with Crippen LogP contribution in [0, 0.1) is 0 Å². The third-order valence-corrected chi connectivity index (χ3v) is 5.92. The van der Waals surface area contributed by atoms with Gasteiger partial charge in [-0.25, -0.2) is 4.79 Å². The van der Waals surface area contributed by atoms with Crippen molar-refractivity contribution in [2.75, 3.05) is 6.54 Å². The van der Waals surface area contributed by atoms with E-state index in [1.165, 1.54) is 0 Å². The van der Waals surface area contributed by atoms with E-state index >= 15 is 0 Å². The van der Waals surface area contributed by atoms with Crippen molar-refractivity contribution >= 4 is 29.7 Å². The minimum Gasteiger partial charge on any atom is -0.322 e. The van der Waals surface area contributed by atoms with Crippen molar-refractivity contribution in [3.05, 3.63) is 71.3 Å². The molecule has 1 atom stereocenters. The first-order valence-electron chi connectivity index (χ1n) is 10.8. The molecule has 2 aromatic carbocycles. The van der Waals surface area contributed by atoms with E-state index in [-0.39, 0.29) is 31.2 Å². The quantitative estimate of drug-likeness (QED) is 0.474. The molecule has 0 radical (unpaired) electrons. The third-order valence-electron chi connectivity index (χ3n) is 5.92. The monoisotopic (exact) mass is 448 g/mol. The van der Waals surface area contributed by atoms with Gasteiger partial charge in [0.2, 0.25) is 5.91 Å². The van der Waals surface area contributed by atoms with Gasteiger partial charge in [-0.3, -0.25) is 29.5 Å². The number of hydrogen-bond donors (Lipinski definition) is 2. The highest BCUT2D eigenvalue weighted by atomic mass is 16.2. The smallest absolute Gasteiger partial charge is 0.322 e. The highest BCUT2D eigenvalue weighted by Crippen LogP contribution is 2.24. The van der Waals surface area contributed by atoms with Crippen molar-refractivity contribution in [1.82, 2.24) is 20.7 Å². The number of nitrogens with zero attached hydrogens (tertiary/aromatic N) is 2. The first-order valence-corrected chi connectivity index (χ1v) is 10.8. The lowest BCUT2D eigenvalue weighted by atomic mass is 9.93. The molecule has 6 amide bonds. The van der Waals surface area contributed by atoms with Gasteiger partial charge in [-0.05, 0) is 43.9 Å². The molecular formula is C24H24N4O5. The maximum Gasteiger partial charge on any atom is 0.344 e. The standard InChI is InChI=1S/C24H24N4O5/c1-24(14-13-16-8-3-2-4-9-16)22(32)28(23(33)25-24)26-19(29)12-7-15-27-20(30)17-10-5-6-11-18(17)21(27)31/h2-6,8-11H,7,12-15H2,1H3,(H,25,33)(H,26,29)/t24-/m1/s1. The summed E-state index contributed by atoms with van der Waals surface area (Å²) in [6.45, 7) is 1.69. The number of carbonyl (C=O) groups excluding carboxylic acids is 5. The second-order valence-electron chi connectivity index (χ2n) is 8.33. The second kappa shape index (κ2) is 8.85. The molecule has 0 aromatic heterocycles. The number of carbonyl (C=O) groups is 5. The number of benzene rings is 2. The fourth-order valence-electron chi connectivity index (χ4n) is 4.01. The van der Waals surface area contributed by atoms with Crippen molar-refractivity contribution < 1.29 is 24.0 Å². The number of fused-ring (bicyclic) bond motifs is 1. The van der Waals surface area contributed by atoms with Crippen LogP contribution in [0.3, 0.4) is 0 Å². The van der Waals surface area contributed by atoms with Crippen molar-refractivity contribution in [2.45, 2.75) is 38.1 Å². The first kappa shape index (κ1) is 22.2. The molecule has 0 unspecified atom stereocenters. The average molecular weight is 448 g/mol. The first-order chi connectivity index (χ1) is 15.8. The van der Waals surface area contributed by atoms with E-state index in [4.69, 9.17) is 0 Å². The van der Waals surface area contributed by atoms with Gasteiger partial charge in [-0.1, -0.05) is 42.5 Å². The SMILES string of the molecule is C[C@]1(CCc2ccccc2)NC(=O)N(NC(=O)CCCN2C(=O)c3ccccc3C2=O)C1=O. The Kier molecular flexibility index (Phi) is 5.95. The molecule has 2 heterocycles. The Morgan fingerprint density at radius 2 is 1.55 bits per heavy atom. The van der Waals surface area contributed by atoms with Gasteiger partial charge in [0.05, 0.1) is 11.1 Å². The number of hydrazine groups is 1. The van der Waals surface area contributed by atoms with Gasteiger partial charge in [0.15, 0.2) is 0 Å². The van der Waals surface area contributed by atoms with Gasteiger partial charge in [-0.2, -0.15) is 5.01 Å². The van der Waals surface area contributed by atoms with Crippen LogP contribution in [0.25, 0.3) is 0 Å². The molecule has 2 N–H and O–H groups in total. The largest absolute Gasteiger partial charge is 0.344 e. The van der Waals surface area contributed by atoms with Crippen LogP contribution in [-0.4, -0.2) is 51.7 Å². The van der Waals surface area contributed by atoms with Crippen LogP contribution in [0.5, 0.6) is 0 Å². The number of amides is 6. The zero-order valence-electron chi connectivity index (χ0n) is 18.2. The lowest BCUT2D eigenvalue weighted by molar-refractivity contribution is -0.138. The van der Waals surface area contributed by atoms with E-state index in [2.05, 4.69) is 10.7 Å². The molecule has 2 aliphatic heterocycles. The summed E-state index contributed by atoms with van der Waals surface area (Å²) in [6.07, 6.45) is 1.11. The van der Waals surface area contributed by atoms with Crippen LogP contribution >= 0.6 is 0 Å². The summed E-state index contributed by atoms with van der Waals surface area (Å²) in [5.74, 6) is -1.86. The molecule has 2 aromatic rings. The Morgan fingerprint density at radius 1 is 0.939 bits per heavy atom. The molecule has 0 saturated carbocycles. The summed E-state index contributed by atoms with van der Waals surface area (Å²) >= 11 is 0. The van der Waals surface area contributed by atoms with Gasteiger partial charge in [0, 0.05) is 13.0 Å². The second-order valence-corrected chi connectivity index (χ2v) is 8.33. The van der Waals surface area contributed by atoms with E-state index < -0.39 is 23.4 Å². The Hall–Kier alpha value is -4.01. The van der Waals surface area contributed by atoms with Crippen LogP contribution in [0.4, 0.5) is 4.79 Å². The minimum atomic E-state index is -1.12. The van der Waals surface area contributed by atoms with Crippen LogP contribution in [0.15, 0.2) is 54.6 Å². The number of hydrogen-bond acceptors (Lipinski definition) is 5. The average Bonchev–Trinajstić information content (AvgIpc) is 3.18. The van der Waals surface area contributed by atoms with Gasteiger partial charge in [-0.15, -0.1) is 0 Å². The van der Waals surface area contributed by atoms with Crippen LogP contribution in [-0.2, 0) is 16.0 Å². The molecule has 33 heavy (non-hydrogen) atoms. The normalized spacial score (nSPS) is 19.7. The lowest BCUT2D eigenvalue weighted by Gasteiger charge is -2.21. The van der Waals surface area contributed by atoms with Crippen LogP contribution in [0.1, 0.15) is 52.5 Å². The minimum absolute atomic E-state index is 0.0642. The number of nitrogens with one attached hydrogen (secondary N) is 2. The highest BCUT2D eigenvalue weighted by molar-refractivity contribution is 6.21. The van der Waals surface area contributed by atoms with E-state index in [1.807, 2.05) is 30.3 Å². The summed E-state index contributed by atoms with van der Waals surface area (Å²) in [7, 11) is 0. The topological polar surface area (TPSA) is 116 Å². The Bertz CT molecular complexity index is 1100. The molecular weight excluding hydrogens is 424 g/mol. The molecule has 0 bridgehead atoms. The van der Waals surface area contributed by atoms with E-state index in [0.717, 1.165) is 10.5 Å². The Morgan fingerprint density at radius 3 is 2.18 bits per heavy atom. The molecule has 1 saturated heterocycles. The van der Waals surface area contributed by atoms with Gasteiger partial charge in [0.25, 0.3) is 17.7 Å². The lowest BCUT2D eigenvalue weighted by Crippen LogP contribution is -2.49. The van der Waals surface area contributed by atoms with E-state index in [0.29, 0.717) is 29.0 Å². The van der Waals surface area contributed by atoms with Gasteiger partial charge >= 0.3 is 6.03 Å². The summed E-state index contributed by atoms with van der Waals surface area (Å²) in [5.41, 5.74) is 2.95. The molecule has 9 nitrogen and oxygen atoms in total. The van der Waals surface area contributed by atoms with Crippen molar-refractivity contribution in [2.24, 2.45) is 0 Å². The molecule has 170 valence electrons. The molecule has 9 heteroatoms. The van der Waals surface area contributed by atoms with Gasteiger partial charge < -0.3 is 5.32 Å².